The van der Waals surface area contributed by atoms with Crippen molar-refractivity contribution in [3.8, 4) is 0 Å². The fraction of sp³-hybridized carbons (Fsp3) is 0.190. The molecular weight excluding hydrogens is 326 g/mol. The van der Waals surface area contributed by atoms with Crippen molar-refractivity contribution < 1.29 is 9.59 Å². The lowest BCUT2D eigenvalue weighted by molar-refractivity contribution is -0.116. The summed E-state index contributed by atoms with van der Waals surface area (Å²) in [5.74, 6) is -0.334. The maximum Gasteiger partial charge on any atom is 0.251 e. The number of nitrogens with one attached hydrogen (secondary N) is 2. The number of nitrogens with zero attached hydrogens (tertiary/aromatic N) is 1. The van der Waals surface area contributed by atoms with Crippen molar-refractivity contribution in [2.75, 3.05) is 11.9 Å². The van der Waals surface area contributed by atoms with E-state index in [0.717, 1.165) is 27.7 Å². The first-order valence-corrected chi connectivity index (χ1v) is 8.53. The maximum atomic E-state index is 12.4. The molecule has 0 unspecified atom stereocenters. The number of pyridine rings is 1. The monoisotopic (exact) mass is 347 g/mol. The molecule has 3 rings (SSSR count). The second-order valence-electron chi connectivity index (χ2n) is 6.25. The Kier molecular flexibility index (Phi) is 5.27. The van der Waals surface area contributed by atoms with Gasteiger partial charge in [-0.15, -0.1) is 0 Å². The number of aromatic nitrogens is 1. The minimum absolute atomic E-state index is 0.128. The summed E-state index contributed by atoms with van der Waals surface area (Å²) in [6, 6.07) is 15.0. The van der Waals surface area contributed by atoms with Crippen LogP contribution in [0.1, 0.15) is 27.9 Å². The number of hydrogen-bond donors (Lipinski definition) is 2. The summed E-state index contributed by atoms with van der Waals surface area (Å²) in [6.45, 7) is 4.24. The Balaban J connectivity index is 1.57. The van der Waals surface area contributed by atoms with Crippen LogP contribution in [-0.4, -0.2) is 23.3 Å². The van der Waals surface area contributed by atoms with Gasteiger partial charge in [0.1, 0.15) is 0 Å². The van der Waals surface area contributed by atoms with Crippen LogP contribution in [0.2, 0.25) is 0 Å². The van der Waals surface area contributed by atoms with E-state index < -0.39 is 0 Å². The largest absolute Gasteiger partial charge is 0.352 e. The molecule has 0 atom stereocenters. The van der Waals surface area contributed by atoms with E-state index in [-0.39, 0.29) is 24.8 Å². The number of benzene rings is 2. The van der Waals surface area contributed by atoms with Crippen LogP contribution in [0.25, 0.3) is 10.9 Å². The minimum atomic E-state index is -0.206. The highest BCUT2D eigenvalue weighted by molar-refractivity contribution is 6.06. The van der Waals surface area contributed by atoms with Gasteiger partial charge in [-0.2, -0.15) is 0 Å². The Bertz CT molecular complexity index is 961. The van der Waals surface area contributed by atoms with E-state index in [2.05, 4.69) is 15.6 Å². The number of carbonyl (C=O) groups is 2. The van der Waals surface area contributed by atoms with E-state index in [0.29, 0.717) is 5.56 Å². The highest BCUT2D eigenvalue weighted by Gasteiger charge is 2.11. The second-order valence-corrected chi connectivity index (χ2v) is 6.25. The Morgan fingerprint density at radius 1 is 1.04 bits per heavy atom. The Morgan fingerprint density at radius 3 is 2.69 bits per heavy atom. The molecule has 26 heavy (non-hydrogen) atoms. The molecule has 5 heteroatoms. The fourth-order valence-electron chi connectivity index (χ4n) is 2.85. The highest BCUT2D eigenvalue weighted by Crippen LogP contribution is 2.17. The lowest BCUT2D eigenvalue weighted by atomic mass is 10.1. The lowest BCUT2D eigenvalue weighted by Gasteiger charge is -2.10. The van der Waals surface area contributed by atoms with Crippen molar-refractivity contribution in [1.29, 1.82) is 0 Å². The molecule has 0 aliphatic carbocycles. The first-order chi connectivity index (χ1) is 12.5. The molecule has 0 saturated carbocycles. The standard InChI is InChI=1S/C21H21N3O2/c1-14-8-9-18(15(2)13-14)24-20(25)10-12-23-21(26)17-5-3-7-19-16(17)6-4-11-22-19/h3-9,11,13H,10,12H2,1-2H3,(H,23,26)(H,24,25). The van der Waals surface area contributed by atoms with Gasteiger partial charge in [-0.1, -0.05) is 29.8 Å². The van der Waals surface area contributed by atoms with Gasteiger partial charge >= 0.3 is 0 Å². The molecule has 1 heterocycles. The zero-order chi connectivity index (χ0) is 18.5. The molecule has 2 amide bonds. The molecule has 0 bridgehead atoms. The first kappa shape index (κ1) is 17.6. The van der Waals surface area contributed by atoms with E-state index >= 15 is 0 Å². The molecule has 0 spiro atoms. The van der Waals surface area contributed by atoms with E-state index in [1.165, 1.54) is 0 Å². The van der Waals surface area contributed by atoms with E-state index in [1.54, 1.807) is 24.4 Å². The summed E-state index contributed by atoms with van der Waals surface area (Å²) < 4.78 is 0. The molecular formula is C21H21N3O2. The summed E-state index contributed by atoms with van der Waals surface area (Å²) in [7, 11) is 0. The molecule has 0 radical (unpaired) electrons. The molecule has 132 valence electrons. The predicted molar refractivity (Wildman–Crippen MR) is 103 cm³/mol. The summed E-state index contributed by atoms with van der Waals surface area (Å²) >= 11 is 0. The summed E-state index contributed by atoms with van der Waals surface area (Å²) in [5.41, 5.74) is 4.30. The van der Waals surface area contributed by atoms with Crippen molar-refractivity contribution >= 4 is 28.4 Å². The van der Waals surface area contributed by atoms with Gasteiger partial charge in [0, 0.05) is 35.8 Å². The molecule has 0 saturated heterocycles. The Hall–Kier alpha value is -3.21. The summed E-state index contributed by atoms with van der Waals surface area (Å²) in [4.78, 5) is 28.8. The fourth-order valence-corrected chi connectivity index (χ4v) is 2.85. The van der Waals surface area contributed by atoms with Crippen LogP contribution in [0.5, 0.6) is 0 Å². The summed E-state index contributed by atoms with van der Waals surface area (Å²) in [5, 5.41) is 6.48. The Labute approximate surface area is 152 Å². The smallest absolute Gasteiger partial charge is 0.251 e. The third-order valence-corrected chi connectivity index (χ3v) is 4.18. The van der Waals surface area contributed by atoms with Gasteiger partial charge in [0.2, 0.25) is 5.91 Å². The van der Waals surface area contributed by atoms with Crippen LogP contribution in [-0.2, 0) is 4.79 Å². The Morgan fingerprint density at radius 2 is 1.88 bits per heavy atom. The number of aryl methyl sites for hydroxylation is 2. The van der Waals surface area contributed by atoms with E-state index in [4.69, 9.17) is 0 Å². The van der Waals surface area contributed by atoms with Gasteiger partial charge < -0.3 is 10.6 Å². The molecule has 2 N–H and O–H groups in total. The highest BCUT2D eigenvalue weighted by atomic mass is 16.2. The van der Waals surface area contributed by atoms with Crippen LogP contribution in [0.3, 0.4) is 0 Å². The van der Waals surface area contributed by atoms with Crippen molar-refractivity contribution in [3.63, 3.8) is 0 Å². The number of anilines is 1. The predicted octanol–water partition coefficient (Wildman–Crippen LogP) is 3.61. The van der Waals surface area contributed by atoms with Crippen molar-refractivity contribution in [3.05, 3.63) is 71.4 Å². The zero-order valence-electron chi connectivity index (χ0n) is 14.9. The van der Waals surface area contributed by atoms with Gasteiger partial charge in [-0.3, -0.25) is 14.6 Å². The van der Waals surface area contributed by atoms with Crippen LogP contribution in [0.4, 0.5) is 5.69 Å². The van der Waals surface area contributed by atoms with Gasteiger partial charge in [0.05, 0.1) is 5.52 Å². The number of carbonyl (C=O) groups excluding carboxylic acids is 2. The zero-order valence-corrected chi connectivity index (χ0v) is 14.9. The average molecular weight is 347 g/mol. The average Bonchev–Trinajstić information content (AvgIpc) is 2.63. The minimum Gasteiger partial charge on any atom is -0.352 e. The van der Waals surface area contributed by atoms with E-state index in [9.17, 15) is 9.59 Å². The quantitative estimate of drug-likeness (QED) is 0.741. The molecule has 0 fully saturated rings. The third kappa shape index (κ3) is 4.06. The normalized spacial score (nSPS) is 10.5. The summed E-state index contributed by atoms with van der Waals surface area (Å²) in [6.07, 6.45) is 1.91. The number of fused-ring (bicyclic) bond motifs is 1. The van der Waals surface area contributed by atoms with Gasteiger partial charge in [-0.25, -0.2) is 0 Å². The third-order valence-electron chi connectivity index (χ3n) is 4.18. The van der Waals surface area contributed by atoms with Gasteiger partial charge in [0.25, 0.3) is 5.91 Å². The van der Waals surface area contributed by atoms with E-state index in [1.807, 2.05) is 44.2 Å². The molecule has 0 aliphatic rings. The maximum absolute atomic E-state index is 12.4. The van der Waals surface area contributed by atoms with Crippen LogP contribution in [0.15, 0.2) is 54.7 Å². The van der Waals surface area contributed by atoms with Crippen LogP contribution < -0.4 is 10.6 Å². The van der Waals surface area contributed by atoms with Crippen LogP contribution >= 0.6 is 0 Å². The van der Waals surface area contributed by atoms with Gasteiger partial charge in [-0.05, 0) is 43.7 Å². The SMILES string of the molecule is Cc1ccc(NC(=O)CCNC(=O)c2cccc3ncccc23)c(C)c1. The number of rotatable bonds is 5. The molecule has 5 nitrogen and oxygen atoms in total. The molecule has 3 aromatic rings. The van der Waals surface area contributed by atoms with Crippen molar-refractivity contribution in [1.82, 2.24) is 10.3 Å². The van der Waals surface area contributed by atoms with Crippen molar-refractivity contribution in [2.45, 2.75) is 20.3 Å². The van der Waals surface area contributed by atoms with Crippen molar-refractivity contribution in [2.24, 2.45) is 0 Å². The molecule has 0 aliphatic heterocycles. The first-order valence-electron chi connectivity index (χ1n) is 8.53. The molecule has 2 aromatic carbocycles. The van der Waals surface area contributed by atoms with Crippen LogP contribution in [0, 0.1) is 13.8 Å². The number of hydrogen-bond acceptors (Lipinski definition) is 3. The number of amides is 2. The van der Waals surface area contributed by atoms with Gasteiger partial charge in [0.15, 0.2) is 0 Å². The molecule has 1 aromatic heterocycles. The second kappa shape index (κ2) is 7.78. The lowest BCUT2D eigenvalue weighted by Crippen LogP contribution is -2.28. The topological polar surface area (TPSA) is 71.1 Å².